The molecule has 140 valence electrons. The van der Waals surface area contributed by atoms with E-state index in [4.69, 9.17) is 9.47 Å². The fourth-order valence-corrected chi connectivity index (χ4v) is 4.39. The minimum absolute atomic E-state index is 0.0398. The molecule has 2 aliphatic heterocycles. The summed E-state index contributed by atoms with van der Waals surface area (Å²) in [5, 5.41) is 3.68. The highest BCUT2D eigenvalue weighted by Gasteiger charge is 2.41. The van der Waals surface area contributed by atoms with Crippen molar-refractivity contribution < 1.29 is 9.47 Å². The Kier molecular flexibility index (Phi) is 6.50. The summed E-state index contributed by atoms with van der Waals surface area (Å²) in [4.78, 5) is 2.49. The van der Waals surface area contributed by atoms with Gasteiger partial charge in [0.15, 0.2) is 0 Å². The van der Waals surface area contributed by atoms with Crippen molar-refractivity contribution in [2.24, 2.45) is 0 Å². The number of rotatable bonds is 7. The van der Waals surface area contributed by atoms with E-state index in [1.165, 1.54) is 12.0 Å². The molecule has 4 heteroatoms. The van der Waals surface area contributed by atoms with E-state index in [2.05, 4.69) is 54.4 Å². The lowest BCUT2D eigenvalue weighted by Gasteiger charge is -2.45. The molecule has 3 rings (SSSR count). The molecule has 1 aromatic carbocycles. The van der Waals surface area contributed by atoms with Crippen molar-refractivity contribution in [3.8, 4) is 0 Å². The first-order valence-electron chi connectivity index (χ1n) is 9.80. The maximum atomic E-state index is 6.01. The smallest absolute Gasteiger partial charge is 0.0635 e. The van der Waals surface area contributed by atoms with Crippen LogP contribution >= 0.6 is 0 Å². The fraction of sp³-hybridized carbons (Fsp3) is 0.714. The Morgan fingerprint density at radius 2 is 1.80 bits per heavy atom. The molecular weight excluding hydrogens is 312 g/mol. The van der Waals surface area contributed by atoms with Gasteiger partial charge in [0.25, 0.3) is 0 Å². The van der Waals surface area contributed by atoms with Crippen LogP contribution in [0.1, 0.15) is 38.7 Å². The van der Waals surface area contributed by atoms with Crippen LogP contribution in [0.25, 0.3) is 0 Å². The first kappa shape index (κ1) is 18.8. The number of benzene rings is 1. The molecule has 0 bridgehead atoms. The lowest BCUT2D eigenvalue weighted by molar-refractivity contribution is -0.0840. The van der Waals surface area contributed by atoms with Gasteiger partial charge in [-0.25, -0.2) is 0 Å². The highest BCUT2D eigenvalue weighted by Crippen LogP contribution is 2.43. The van der Waals surface area contributed by atoms with E-state index >= 15 is 0 Å². The van der Waals surface area contributed by atoms with Gasteiger partial charge in [-0.2, -0.15) is 0 Å². The molecule has 0 radical (unpaired) electrons. The van der Waals surface area contributed by atoms with Crippen LogP contribution in [0.4, 0.5) is 0 Å². The van der Waals surface area contributed by atoms with Crippen LogP contribution in [0.15, 0.2) is 30.3 Å². The molecule has 2 fully saturated rings. The first-order valence-corrected chi connectivity index (χ1v) is 9.80. The van der Waals surface area contributed by atoms with Gasteiger partial charge in [-0.15, -0.1) is 0 Å². The van der Waals surface area contributed by atoms with E-state index in [9.17, 15) is 0 Å². The second kappa shape index (κ2) is 8.63. The predicted molar refractivity (Wildman–Crippen MR) is 102 cm³/mol. The molecule has 2 aliphatic rings. The standard InChI is InChI=1S/C21H34N2O2/c1-20(2)18-21(9-15-25-20,19-6-4-3-5-7-19)8-10-22-11-12-23-13-16-24-17-14-23/h3-7,22H,8-18H2,1-2H3/t21-/m1/s1. The highest BCUT2D eigenvalue weighted by atomic mass is 16.5. The van der Waals surface area contributed by atoms with Crippen molar-refractivity contribution in [1.82, 2.24) is 10.2 Å². The molecule has 0 unspecified atom stereocenters. The molecule has 0 spiro atoms. The van der Waals surface area contributed by atoms with E-state index in [0.29, 0.717) is 0 Å². The van der Waals surface area contributed by atoms with Crippen LogP contribution in [-0.4, -0.2) is 63.0 Å². The third-order valence-corrected chi connectivity index (χ3v) is 5.71. The number of hydrogen-bond acceptors (Lipinski definition) is 4. The number of nitrogens with one attached hydrogen (secondary N) is 1. The molecule has 4 nitrogen and oxygen atoms in total. The van der Waals surface area contributed by atoms with Gasteiger partial charge in [0, 0.05) is 38.2 Å². The van der Waals surface area contributed by atoms with Gasteiger partial charge in [0.2, 0.25) is 0 Å². The van der Waals surface area contributed by atoms with Crippen molar-refractivity contribution in [2.75, 3.05) is 52.5 Å². The Hall–Kier alpha value is -0.940. The Morgan fingerprint density at radius 1 is 1.04 bits per heavy atom. The van der Waals surface area contributed by atoms with Gasteiger partial charge in [-0.3, -0.25) is 4.90 Å². The van der Waals surface area contributed by atoms with E-state index in [-0.39, 0.29) is 11.0 Å². The van der Waals surface area contributed by atoms with Crippen molar-refractivity contribution >= 4 is 0 Å². The first-order chi connectivity index (χ1) is 12.1. The van der Waals surface area contributed by atoms with Crippen LogP contribution in [-0.2, 0) is 14.9 Å². The van der Waals surface area contributed by atoms with Crippen LogP contribution in [0.3, 0.4) is 0 Å². The molecule has 2 saturated heterocycles. The number of nitrogens with zero attached hydrogens (tertiary/aromatic N) is 1. The summed E-state index contributed by atoms with van der Waals surface area (Å²) in [7, 11) is 0. The third kappa shape index (κ3) is 5.27. The largest absolute Gasteiger partial charge is 0.379 e. The SMILES string of the molecule is CC1(C)C[C@](CCNCCN2CCOCC2)(c2ccccc2)CCO1. The number of hydrogen-bond donors (Lipinski definition) is 1. The van der Waals surface area contributed by atoms with Crippen LogP contribution in [0.5, 0.6) is 0 Å². The van der Waals surface area contributed by atoms with Crippen LogP contribution in [0, 0.1) is 0 Å². The van der Waals surface area contributed by atoms with Crippen molar-refractivity contribution in [1.29, 1.82) is 0 Å². The van der Waals surface area contributed by atoms with Crippen LogP contribution in [0.2, 0.25) is 0 Å². The molecule has 1 aromatic rings. The molecule has 0 amide bonds. The zero-order chi connectivity index (χ0) is 17.6. The van der Waals surface area contributed by atoms with Crippen molar-refractivity contribution in [3.63, 3.8) is 0 Å². The Morgan fingerprint density at radius 3 is 2.52 bits per heavy atom. The van der Waals surface area contributed by atoms with Gasteiger partial charge in [-0.1, -0.05) is 30.3 Å². The molecule has 0 saturated carbocycles. The lowest BCUT2D eigenvalue weighted by Crippen LogP contribution is -2.46. The molecule has 0 aromatic heterocycles. The second-order valence-electron chi connectivity index (χ2n) is 8.14. The normalized spacial score (nSPS) is 27.3. The maximum absolute atomic E-state index is 6.01. The predicted octanol–water partition coefficient (Wildman–Crippen LogP) is 2.83. The summed E-state index contributed by atoms with van der Waals surface area (Å²) in [6.07, 6.45) is 3.38. The van der Waals surface area contributed by atoms with Gasteiger partial charge in [-0.05, 0) is 45.2 Å². The quantitative estimate of drug-likeness (QED) is 0.770. The molecule has 2 heterocycles. The summed E-state index contributed by atoms with van der Waals surface area (Å²) in [5.74, 6) is 0. The molecule has 0 aliphatic carbocycles. The zero-order valence-electron chi connectivity index (χ0n) is 15.9. The van der Waals surface area contributed by atoms with E-state index in [1.807, 2.05) is 0 Å². The summed E-state index contributed by atoms with van der Waals surface area (Å²) in [6, 6.07) is 11.1. The lowest BCUT2D eigenvalue weighted by atomic mass is 9.67. The molecule has 25 heavy (non-hydrogen) atoms. The summed E-state index contributed by atoms with van der Waals surface area (Å²) < 4.78 is 11.4. The number of ether oxygens (including phenoxy) is 2. The minimum Gasteiger partial charge on any atom is -0.379 e. The minimum atomic E-state index is -0.0398. The Bertz CT molecular complexity index is 514. The van der Waals surface area contributed by atoms with E-state index < -0.39 is 0 Å². The highest BCUT2D eigenvalue weighted by molar-refractivity contribution is 5.27. The summed E-state index contributed by atoms with van der Waals surface area (Å²) in [5.41, 5.74) is 1.66. The molecule has 1 atom stereocenters. The average Bonchev–Trinajstić information content (AvgIpc) is 2.62. The van der Waals surface area contributed by atoms with Crippen LogP contribution < -0.4 is 5.32 Å². The third-order valence-electron chi connectivity index (χ3n) is 5.71. The molecular formula is C21H34N2O2. The van der Waals surface area contributed by atoms with Crippen molar-refractivity contribution in [3.05, 3.63) is 35.9 Å². The van der Waals surface area contributed by atoms with Crippen molar-refractivity contribution in [2.45, 2.75) is 44.1 Å². The average molecular weight is 347 g/mol. The fourth-order valence-electron chi connectivity index (χ4n) is 4.39. The number of morpholine rings is 1. The van der Waals surface area contributed by atoms with E-state index in [1.54, 1.807) is 0 Å². The summed E-state index contributed by atoms with van der Waals surface area (Å²) >= 11 is 0. The topological polar surface area (TPSA) is 33.7 Å². The zero-order valence-corrected chi connectivity index (χ0v) is 15.9. The van der Waals surface area contributed by atoms with Gasteiger partial charge in [0.05, 0.1) is 18.8 Å². The van der Waals surface area contributed by atoms with Gasteiger partial charge in [0.1, 0.15) is 0 Å². The second-order valence-corrected chi connectivity index (χ2v) is 8.14. The Balaban J connectivity index is 1.53. The van der Waals surface area contributed by atoms with Gasteiger partial charge < -0.3 is 14.8 Å². The maximum Gasteiger partial charge on any atom is 0.0635 e. The molecule has 1 N–H and O–H groups in total. The Labute approximate surface area is 152 Å². The monoisotopic (exact) mass is 346 g/mol. The van der Waals surface area contributed by atoms with E-state index in [0.717, 1.165) is 65.4 Å². The summed E-state index contributed by atoms with van der Waals surface area (Å²) in [6.45, 7) is 12.5. The van der Waals surface area contributed by atoms with Gasteiger partial charge >= 0.3 is 0 Å².